The molecule has 0 fully saturated rings. The van der Waals surface area contributed by atoms with E-state index in [2.05, 4.69) is 10.3 Å². The van der Waals surface area contributed by atoms with Crippen LogP contribution in [0.4, 0.5) is 0 Å². The van der Waals surface area contributed by atoms with Crippen LogP contribution >= 0.6 is 12.4 Å². The van der Waals surface area contributed by atoms with Gasteiger partial charge in [-0.2, -0.15) is 0 Å². The van der Waals surface area contributed by atoms with E-state index in [0.717, 1.165) is 0 Å². The minimum absolute atomic E-state index is 0. The zero-order valence-corrected chi connectivity index (χ0v) is 5.90. The summed E-state index contributed by atoms with van der Waals surface area (Å²) >= 11 is 0. The molecule has 0 aromatic carbocycles. The summed E-state index contributed by atoms with van der Waals surface area (Å²) in [6, 6.07) is 0. The first-order chi connectivity index (χ1) is 3.41. The molecule has 0 spiro atoms. The molecule has 2 nitrogen and oxygen atoms in total. The standard InChI is InChI=1S/C5H10N2.ClH/c1-6-4-3-5-7-2;/h3-6H,1-2H3;1H/b4-3-,7-5?;. The third-order valence-corrected chi connectivity index (χ3v) is 0.498. The summed E-state index contributed by atoms with van der Waals surface area (Å²) in [6.45, 7) is 0. The molecule has 8 heavy (non-hydrogen) atoms. The Morgan fingerprint density at radius 2 is 2.12 bits per heavy atom. The van der Waals surface area contributed by atoms with Gasteiger partial charge in [-0.3, -0.25) is 4.99 Å². The lowest BCUT2D eigenvalue weighted by molar-refractivity contribution is 1.11. The lowest BCUT2D eigenvalue weighted by Crippen LogP contribution is -1.90. The zero-order chi connectivity index (χ0) is 5.54. The summed E-state index contributed by atoms with van der Waals surface area (Å²) in [5.41, 5.74) is 0. The van der Waals surface area contributed by atoms with Gasteiger partial charge in [0.1, 0.15) is 0 Å². The Hall–Kier alpha value is -0.500. The monoisotopic (exact) mass is 134 g/mol. The van der Waals surface area contributed by atoms with Crippen LogP contribution in [-0.4, -0.2) is 20.3 Å². The molecule has 0 atom stereocenters. The van der Waals surface area contributed by atoms with Gasteiger partial charge in [0.15, 0.2) is 0 Å². The fraction of sp³-hybridized carbons (Fsp3) is 0.400. The summed E-state index contributed by atoms with van der Waals surface area (Å²) in [5, 5.41) is 2.83. The van der Waals surface area contributed by atoms with E-state index in [-0.39, 0.29) is 12.4 Å². The molecule has 0 saturated carbocycles. The van der Waals surface area contributed by atoms with E-state index in [0.29, 0.717) is 0 Å². The second kappa shape index (κ2) is 9.71. The molecule has 0 aliphatic carbocycles. The van der Waals surface area contributed by atoms with E-state index in [1.807, 2.05) is 19.3 Å². The quantitative estimate of drug-likeness (QED) is 0.557. The Balaban J connectivity index is 0. The number of halogens is 1. The van der Waals surface area contributed by atoms with Crippen LogP contribution in [0, 0.1) is 0 Å². The largest absolute Gasteiger partial charge is 0.394 e. The van der Waals surface area contributed by atoms with E-state index in [4.69, 9.17) is 0 Å². The van der Waals surface area contributed by atoms with Gasteiger partial charge >= 0.3 is 0 Å². The van der Waals surface area contributed by atoms with Gasteiger partial charge in [0.05, 0.1) is 0 Å². The normalized spacial score (nSPS) is 9.75. The molecule has 0 radical (unpaired) electrons. The molecule has 0 amide bonds. The van der Waals surface area contributed by atoms with Crippen molar-refractivity contribution < 1.29 is 0 Å². The Kier molecular flexibility index (Phi) is 12.7. The lowest BCUT2D eigenvalue weighted by atomic mass is 10.6. The zero-order valence-electron chi connectivity index (χ0n) is 5.09. The predicted molar refractivity (Wildman–Crippen MR) is 39.9 cm³/mol. The van der Waals surface area contributed by atoms with Gasteiger partial charge in [0, 0.05) is 20.3 Å². The average molecular weight is 135 g/mol. The van der Waals surface area contributed by atoms with Crippen molar-refractivity contribution in [2.75, 3.05) is 14.1 Å². The summed E-state index contributed by atoms with van der Waals surface area (Å²) in [7, 11) is 3.58. The highest BCUT2D eigenvalue weighted by Gasteiger charge is 1.54. The van der Waals surface area contributed by atoms with Gasteiger partial charge < -0.3 is 5.32 Å². The molecule has 0 aliphatic rings. The van der Waals surface area contributed by atoms with Crippen molar-refractivity contribution in [1.29, 1.82) is 0 Å². The van der Waals surface area contributed by atoms with Crippen LogP contribution in [0.25, 0.3) is 0 Å². The lowest BCUT2D eigenvalue weighted by Gasteiger charge is -1.77. The summed E-state index contributed by atoms with van der Waals surface area (Å²) in [6.07, 6.45) is 5.36. The topological polar surface area (TPSA) is 24.4 Å². The van der Waals surface area contributed by atoms with Crippen molar-refractivity contribution in [2.24, 2.45) is 4.99 Å². The predicted octanol–water partition coefficient (Wildman–Crippen LogP) is 0.842. The first-order valence-electron chi connectivity index (χ1n) is 2.16. The summed E-state index contributed by atoms with van der Waals surface area (Å²) in [4.78, 5) is 3.72. The maximum atomic E-state index is 3.72. The molecule has 0 saturated heterocycles. The van der Waals surface area contributed by atoms with E-state index in [1.54, 1.807) is 13.3 Å². The number of nitrogens with zero attached hydrogens (tertiary/aromatic N) is 1. The number of hydrogen-bond acceptors (Lipinski definition) is 2. The van der Waals surface area contributed by atoms with Crippen LogP contribution in [0.5, 0.6) is 0 Å². The van der Waals surface area contributed by atoms with Gasteiger partial charge in [0.25, 0.3) is 0 Å². The van der Waals surface area contributed by atoms with Crippen LogP contribution in [0.2, 0.25) is 0 Å². The molecule has 1 N–H and O–H groups in total. The number of nitrogens with one attached hydrogen (secondary N) is 1. The van der Waals surface area contributed by atoms with Crippen molar-refractivity contribution in [3.05, 3.63) is 12.3 Å². The number of allylic oxidation sites excluding steroid dienone is 1. The molecule has 0 aromatic rings. The van der Waals surface area contributed by atoms with Gasteiger partial charge in [-0.1, -0.05) is 0 Å². The molecule has 0 heterocycles. The molecule has 0 unspecified atom stereocenters. The number of aliphatic imine (C=N–C) groups is 1. The van der Waals surface area contributed by atoms with Gasteiger partial charge in [-0.25, -0.2) is 0 Å². The number of rotatable bonds is 2. The third-order valence-electron chi connectivity index (χ3n) is 0.498. The van der Waals surface area contributed by atoms with E-state index < -0.39 is 0 Å². The molecule has 0 aromatic heterocycles. The SMILES string of the molecule is CN=C/C=C\NC.Cl. The van der Waals surface area contributed by atoms with Crippen molar-refractivity contribution in [3.63, 3.8) is 0 Å². The highest BCUT2D eigenvalue weighted by atomic mass is 35.5. The van der Waals surface area contributed by atoms with E-state index in [9.17, 15) is 0 Å². The van der Waals surface area contributed by atoms with E-state index >= 15 is 0 Å². The van der Waals surface area contributed by atoms with Crippen LogP contribution in [0.1, 0.15) is 0 Å². The average Bonchev–Trinajstić information content (AvgIpc) is 1.69. The van der Waals surface area contributed by atoms with Gasteiger partial charge in [-0.15, -0.1) is 12.4 Å². The Morgan fingerprint density at radius 3 is 2.50 bits per heavy atom. The maximum Gasteiger partial charge on any atom is 0.0277 e. The minimum Gasteiger partial charge on any atom is -0.394 e. The molecule has 0 aliphatic heterocycles. The maximum absolute atomic E-state index is 3.72. The van der Waals surface area contributed by atoms with E-state index in [1.165, 1.54) is 0 Å². The molecule has 0 rings (SSSR count). The highest BCUT2D eigenvalue weighted by Crippen LogP contribution is 1.57. The fourth-order valence-corrected chi connectivity index (χ4v) is 0.225. The van der Waals surface area contributed by atoms with Crippen molar-refractivity contribution in [2.45, 2.75) is 0 Å². The summed E-state index contributed by atoms with van der Waals surface area (Å²) < 4.78 is 0. The van der Waals surface area contributed by atoms with Crippen molar-refractivity contribution >= 4 is 18.6 Å². The fourth-order valence-electron chi connectivity index (χ4n) is 0.225. The first kappa shape index (κ1) is 10.5. The van der Waals surface area contributed by atoms with Gasteiger partial charge in [0.2, 0.25) is 0 Å². The van der Waals surface area contributed by atoms with Crippen LogP contribution in [0.3, 0.4) is 0 Å². The van der Waals surface area contributed by atoms with Crippen LogP contribution in [-0.2, 0) is 0 Å². The van der Waals surface area contributed by atoms with Crippen molar-refractivity contribution in [1.82, 2.24) is 5.32 Å². The second-order valence-electron chi connectivity index (χ2n) is 1.06. The highest BCUT2D eigenvalue weighted by molar-refractivity contribution is 5.85. The smallest absolute Gasteiger partial charge is 0.0277 e. The third kappa shape index (κ3) is 9.09. The minimum atomic E-state index is 0. The molecule has 48 valence electrons. The molecular weight excluding hydrogens is 124 g/mol. The molecule has 3 heteroatoms. The van der Waals surface area contributed by atoms with Crippen LogP contribution < -0.4 is 5.32 Å². The van der Waals surface area contributed by atoms with Crippen molar-refractivity contribution in [3.8, 4) is 0 Å². The number of hydrogen-bond donors (Lipinski definition) is 1. The van der Waals surface area contributed by atoms with Gasteiger partial charge in [-0.05, 0) is 12.3 Å². The molecule has 0 bridgehead atoms. The first-order valence-corrected chi connectivity index (χ1v) is 2.16. The second-order valence-corrected chi connectivity index (χ2v) is 1.06. The summed E-state index contributed by atoms with van der Waals surface area (Å²) in [5.74, 6) is 0. The Bertz CT molecular complexity index is 78.5. The molecular formula is C5H11ClN2. The van der Waals surface area contributed by atoms with Crippen LogP contribution in [0.15, 0.2) is 17.3 Å². The Morgan fingerprint density at radius 1 is 1.50 bits per heavy atom. The Labute approximate surface area is 56.1 Å².